The molecule has 7 heteroatoms. The number of rotatable bonds is 9. The summed E-state index contributed by atoms with van der Waals surface area (Å²) in [5.74, 6) is 0. The summed E-state index contributed by atoms with van der Waals surface area (Å²) in [7, 11) is 1.75. The van der Waals surface area contributed by atoms with Gasteiger partial charge in [0, 0.05) is 13.7 Å². The zero-order valence-electron chi connectivity index (χ0n) is 14.2. The third-order valence-corrected chi connectivity index (χ3v) is 3.85. The van der Waals surface area contributed by atoms with Crippen LogP contribution in [0.4, 0.5) is 11.4 Å². The molecule has 1 heterocycles. The molecular formula is C16H27N5O2. The third kappa shape index (κ3) is 4.56. The molecule has 0 bridgehead atoms. The van der Waals surface area contributed by atoms with Gasteiger partial charge in [-0.1, -0.05) is 13.3 Å². The van der Waals surface area contributed by atoms with Gasteiger partial charge in [-0.3, -0.25) is 0 Å². The predicted octanol–water partition coefficient (Wildman–Crippen LogP) is 2.21. The molecule has 2 unspecified atom stereocenters. The van der Waals surface area contributed by atoms with E-state index >= 15 is 0 Å². The van der Waals surface area contributed by atoms with Crippen LogP contribution in [0.5, 0.6) is 0 Å². The molecular weight excluding hydrogens is 294 g/mol. The first-order valence-electron chi connectivity index (χ1n) is 8.08. The van der Waals surface area contributed by atoms with Gasteiger partial charge in [-0.25, -0.2) is 0 Å². The average molecular weight is 321 g/mol. The van der Waals surface area contributed by atoms with Gasteiger partial charge >= 0.3 is 0 Å². The van der Waals surface area contributed by atoms with Gasteiger partial charge in [0.05, 0.1) is 30.1 Å². The molecule has 7 nitrogen and oxygen atoms in total. The smallest absolute Gasteiger partial charge is 0.138 e. The minimum Gasteiger partial charge on any atom is -0.397 e. The summed E-state index contributed by atoms with van der Waals surface area (Å²) < 4.78 is 11.3. The molecule has 2 atom stereocenters. The van der Waals surface area contributed by atoms with Crippen LogP contribution in [0, 0.1) is 0 Å². The molecule has 0 saturated carbocycles. The molecule has 23 heavy (non-hydrogen) atoms. The van der Waals surface area contributed by atoms with Crippen molar-refractivity contribution in [3.63, 3.8) is 0 Å². The van der Waals surface area contributed by atoms with Gasteiger partial charge in [0.1, 0.15) is 11.0 Å². The molecule has 2 aromatic rings. The highest BCUT2D eigenvalue weighted by Crippen LogP contribution is 2.22. The van der Waals surface area contributed by atoms with E-state index in [0.717, 1.165) is 19.3 Å². The van der Waals surface area contributed by atoms with Crippen molar-refractivity contribution in [2.75, 3.05) is 25.2 Å². The normalized spacial score (nSPS) is 14.2. The Bertz CT molecular complexity index is 589. The van der Waals surface area contributed by atoms with Crippen LogP contribution in [-0.4, -0.2) is 40.9 Å². The number of benzene rings is 1. The number of aromatic nitrogens is 3. The van der Waals surface area contributed by atoms with Crippen LogP contribution in [-0.2, 0) is 16.0 Å². The van der Waals surface area contributed by atoms with Gasteiger partial charge in [0.15, 0.2) is 0 Å². The number of hydrogen-bond acceptors (Lipinski definition) is 6. The van der Waals surface area contributed by atoms with Crippen LogP contribution in [0.3, 0.4) is 0 Å². The number of hydrogen-bond donors (Lipinski definition) is 2. The Balaban J connectivity index is 1.89. The Morgan fingerprint density at radius 2 is 1.74 bits per heavy atom. The minimum absolute atomic E-state index is 0.00149. The van der Waals surface area contributed by atoms with E-state index in [2.05, 4.69) is 17.1 Å². The van der Waals surface area contributed by atoms with Crippen molar-refractivity contribution in [1.29, 1.82) is 0 Å². The number of fused-ring (bicyclic) bond motifs is 1. The van der Waals surface area contributed by atoms with Crippen LogP contribution >= 0.6 is 0 Å². The van der Waals surface area contributed by atoms with E-state index in [4.69, 9.17) is 20.9 Å². The van der Waals surface area contributed by atoms with Crippen LogP contribution in [0.25, 0.3) is 11.0 Å². The van der Waals surface area contributed by atoms with Gasteiger partial charge in [0.2, 0.25) is 0 Å². The molecule has 0 aliphatic rings. The summed E-state index contributed by atoms with van der Waals surface area (Å²) in [6, 6.07) is 3.49. The second-order valence-electron chi connectivity index (χ2n) is 5.81. The van der Waals surface area contributed by atoms with E-state index in [-0.39, 0.29) is 12.2 Å². The second-order valence-corrected chi connectivity index (χ2v) is 5.81. The number of anilines is 2. The van der Waals surface area contributed by atoms with Crippen molar-refractivity contribution in [3.05, 3.63) is 12.1 Å². The maximum atomic E-state index is 5.91. The van der Waals surface area contributed by atoms with Gasteiger partial charge < -0.3 is 20.9 Å². The van der Waals surface area contributed by atoms with Crippen molar-refractivity contribution in [1.82, 2.24) is 15.0 Å². The fourth-order valence-electron chi connectivity index (χ4n) is 2.54. The lowest BCUT2D eigenvalue weighted by Crippen LogP contribution is -2.21. The summed E-state index contributed by atoms with van der Waals surface area (Å²) in [6.07, 6.45) is 3.32. The molecule has 1 aromatic carbocycles. The van der Waals surface area contributed by atoms with E-state index in [9.17, 15) is 0 Å². The summed E-state index contributed by atoms with van der Waals surface area (Å²) in [4.78, 5) is 1.60. The van der Waals surface area contributed by atoms with E-state index in [1.807, 2.05) is 6.92 Å². The number of methoxy groups -OCH3 is 1. The Labute approximate surface area is 136 Å². The standard InChI is InChI=1S/C16H27N5O2/c1-4-5-12(22-3)8-9-23-11(2)10-21-19-15-13(17)6-7-14(18)16(15)20-21/h6-7,11-12H,4-5,8-10,17-18H2,1-3H3. The maximum absolute atomic E-state index is 5.91. The largest absolute Gasteiger partial charge is 0.397 e. The monoisotopic (exact) mass is 321 g/mol. The first kappa shape index (κ1) is 17.5. The summed E-state index contributed by atoms with van der Waals surface area (Å²) in [6.45, 7) is 5.37. The Morgan fingerprint density at radius 1 is 1.13 bits per heavy atom. The van der Waals surface area contributed by atoms with Crippen LogP contribution in [0.1, 0.15) is 33.1 Å². The topological polar surface area (TPSA) is 101 Å². The number of nitrogen functional groups attached to an aromatic ring is 2. The number of nitrogens with two attached hydrogens (primary N) is 2. The van der Waals surface area contributed by atoms with Crippen molar-refractivity contribution < 1.29 is 9.47 Å². The van der Waals surface area contributed by atoms with E-state index in [0.29, 0.717) is 35.6 Å². The molecule has 0 fully saturated rings. The molecule has 0 aliphatic heterocycles. The van der Waals surface area contributed by atoms with Crippen LogP contribution in [0.15, 0.2) is 12.1 Å². The Kier molecular flexibility index (Phi) is 6.18. The van der Waals surface area contributed by atoms with Crippen molar-refractivity contribution in [3.8, 4) is 0 Å². The lowest BCUT2D eigenvalue weighted by Gasteiger charge is -2.17. The van der Waals surface area contributed by atoms with Crippen LogP contribution < -0.4 is 11.5 Å². The molecule has 1 aromatic heterocycles. The molecule has 128 valence electrons. The predicted molar refractivity (Wildman–Crippen MR) is 92.1 cm³/mol. The number of ether oxygens (including phenoxy) is 2. The fraction of sp³-hybridized carbons (Fsp3) is 0.625. The van der Waals surface area contributed by atoms with E-state index in [1.54, 1.807) is 24.0 Å². The average Bonchev–Trinajstić information content (AvgIpc) is 2.95. The lowest BCUT2D eigenvalue weighted by atomic mass is 10.1. The van der Waals surface area contributed by atoms with Gasteiger partial charge in [-0.15, -0.1) is 0 Å². The Morgan fingerprint density at radius 3 is 2.26 bits per heavy atom. The Hall–Kier alpha value is -1.86. The molecule has 0 amide bonds. The van der Waals surface area contributed by atoms with E-state index in [1.165, 1.54) is 0 Å². The summed E-state index contributed by atoms with van der Waals surface area (Å²) >= 11 is 0. The first-order valence-corrected chi connectivity index (χ1v) is 8.08. The summed E-state index contributed by atoms with van der Waals surface area (Å²) in [5.41, 5.74) is 14.3. The number of nitrogens with zero attached hydrogens (tertiary/aromatic N) is 3. The SMILES string of the molecule is CCCC(CCOC(C)Cn1nc2c(N)ccc(N)c2n1)OC. The highest BCUT2D eigenvalue weighted by Gasteiger charge is 2.12. The minimum atomic E-state index is -0.00149. The molecule has 2 rings (SSSR count). The molecule has 0 aliphatic carbocycles. The molecule has 0 saturated heterocycles. The van der Waals surface area contributed by atoms with Crippen molar-refractivity contribution in [2.24, 2.45) is 0 Å². The van der Waals surface area contributed by atoms with Crippen LogP contribution in [0.2, 0.25) is 0 Å². The third-order valence-electron chi connectivity index (χ3n) is 3.85. The highest BCUT2D eigenvalue weighted by molar-refractivity contribution is 5.94. The van der Waals surface area contributed by atoms with Gasteiger partial charge in [0.25, 0.3) is 0 Å². The maximum Gasteiger partial charge on any atom is 0.138 e. The highest BCUT2D eigenvalue weighted by atomic mass is 16.5. The quantitative estimate of drug-likeness (QED) is 0.687. The zero-order chi connectivity index (χ0) is 16.8. The second kappa shape index (κ2) is 8.12. The molecule has 0 spiro atoms. The van der Waals surface area contributed by atoms with E-state index < -0.39 is 0 Å². The lowest BCUT2D eigenvalue weighted by molar-refractivity contribution is 0.0110. The fourth-order valence-corrected chi connectivity index (χ4v) is 2.54. The molecule has 0 radical (unpaired) electrons. The molecule has 4 N–H and O–H groups in total. The zero-order valence-corrected chi connectivity index (χ0v) is 14.2. The van der Waals surface area contributed by atoms with Crippen molar-refractivity contribution in [2.45, 2.75) is 51.9 Å². The van der Waals surface area contributed by atoms with Gasteiger partial charge in [-0.05, 0) is 31.9 Å². The summed E-state index contributed by atoms with van der Waals surface area (Å²) in [5, 5.41) is 8.80. The first-order chi connectivity index (χ1) is 11.0. The van der Waals surface area contributed by atoms with Crippen molar-refractivity contribution >= 4 is 22.4 Å². The van der Waals surface area contributed by atoms with Gasteiger partial charge in [-0.2, -0.15) is 15.0 Å².